The summed E-state index contributed by atoms with van der Waals surface area (Å²) in [5.74, 6) is 0. The van der Waals surface area contributed by atoms with Crippen molar-refractivity contribution in [2.45, 2.75) is 51.6 Å². The van der Waals surface area contributed by atoms with Crippen LogP contribution >= 0.6 is 0 Å². The van der Waals surface area contributed by atoms with E-state index in [1.807, 2.05) is 6.20 Å². The number of nitrogens with one attached hydrogen (secondary N) is 1. The third kappa shape index (κ3) is 2.59. The molecule has 1 aromatic heterocycles. The summed E-state index contributed by atoms with van der Waals surface area (Å²) in [5.41, 5.74) is 1.45. The second-order valence-corrected chi connectivity index (χ2v) is 5.46. The zero-order valence-corrected chi connectivity index (χ0v) is 9.95. The summed E-state index contributed by atoms with van der Waals surface area (Å²) in [6, 6.07) is 0.669. The molecule has 1 aromatic rings. The Morgan fingerprint density at radius 1 is 1.53 bits per heavy atom. The van der Waals surface area contributed by atoms with Crippen LogP contribution in [0.2, 0.25) is 0 Å². The molecule has 3 nitrogen and oxygen atoms in total. The number of hydrogen-bond donors (Lipinski definition) is 1. The van der Waals surface area contributed by atoms with Crippen LogP contribution in [0.3, 0.4) is 0 Å². The zero-order valence-electron chi connectivity index (χ0n) is 9.95. The molecule has 1 aliphatic rings. The normalized spacial score (nSPS) is 22.2. The molecule has 1 N–H and O–H groups in total. The van der Waals surface area contributed by atoms with Crippen LogP contribution in [0.15, 0.2) is 12.4 Å². The first kappa shape index (κ1) is 10.7. The molecular weight excluding hydrogens is 186 g/mol. The van der Waals surface area contributed by atoms with Gasteiger partial charge in [-0.3, -0.25) is 4.68 Å². The minimum absolute atomic E-state index is 0.0986. The fraction of sp³-hybridized carbons (Fsp3) is 0.750. The topological polar surface area (TPSA) is 29.9 Å². The molecule has 0 unspecified atom stereocenters. The van der Waals surface area contributed by atoms with E-state index in [0.29, 0.717) is 6.04 Å². The van der Waals surface area contributed by atoms with Crippen molar-refractivity contribution in [1.82, 2.24) is 15.1 Å². The highest BCUT2D eigenvalue weighted by molar-refractivity contribution is 5.08. The number of rotatable bonds is 2. The van der Waals surface area contributed by atoms with Gasteiger partial charge in [0, 0.05) is 12.2 Å². The van der Waals surface area contributed by atoms with E-state index in [2.05, 4.69) is 42.1 Å². The molecule has 1 fully saturated rings. The van der Waals surface area contributed by atoms with Gasteiger partial charge in [-0.15, -0.1) is 0 Å². The Morgan fingerprint density at radius 2 is 2.33 bits per heavy atom. The van der Waals surface area contributed by atoms with Gasteiger partial charge in [-0.05, 0) is 52.1 Å². The summed E-state index contributed by atoms with van der Waals surface area (Å²) in [5, 5.41) is 7.93. The van der Waals surface area contributed by atoms with Crippen LogP contribution in [-0.2, 0) is 12.0 Å². The second kappa shape index (κ2) is 3.97. The fourth-order valence-electron chi connectivity index (χ4n) is 2.05. The van der Waals surface area contributed by atoms with Gasteiger partial charge in [0.2, 0.25) is 0 Å². The average Bonchev–Trinajstić information content (AvgIpc) is 2.73. The highest BCUT2D eigenvalue weighted by Crippen LogP contribution is 2.16. The van der Waals surface area contributed by atoms with Crippen LogP contribution in [0.4, 0.5) is 0 Å². The van der Waals surface area contributed by atoms with Crippen molar-refractivity contribution in [2.24, 2.45) is 0 Å². The smallest absolute Gasteiger partial charge is 0.0543 e. The molecule has 1 saturated heterocycles. The van der Waals surface area contributed by atoms with Crippen LogP contribution < -0.4 is 5.32 Å². The third-order valence-corrected chi connectivity index (χ3v) is 2.97. The standard InChI is InChI=1S/C12H21N3/c1-12(2,3)15-9-10(8-14-15)7-11-5-4-6-13-11/h8-9,11,13H,4-7H2,1-3H3/t11-/m1/s1. The van der Waals surface area contributed by atoms with E-state index in [1.54, 1.807) is 0 Å². The molecule has 0 saturated carbocycles. The van der Waals surface area contributed by atoms with Gasteiger partial charge in [0.15, 0.2) is 0 Å². The van der Waals surface area contributed by atoms with Gasteiger partial charge in [-0.2, -0.15) is 5.10 Å². The fourth-order valence-corrected chi connectivity index (χ4v) is 2.05. The van der Waals surface area contributed by atoms with Gasteiger partial charge in [0.25, 0.3) is 0 Å². The van der Waals surface area contributed by atoms with Crippen LogP contribution in [0.25, 0.3) is 0 Å². The Morgan fingerprint density at radius 3 is 2.87 bits per heavy atom. The predicted molar refractivity (Wildman–Crippen MR) is 62.0 cm³/mol. The van der Waals surface area contributed by atoms with Gasteiger partial charge in [-0.25, -0.2) is 0 Å². The van der Waals surface area contributed by atoms with Crippen molar-refractivity contribution >= 4 is 0 Å². The number of hydrogen-bond acceptors (Lipinski definition) is 2. The van der Waals surface area contributed by atoms with E-state index in [0.717, 1.165) is 6.42 Å². The molecule has 1 atom stereocenters. The molecule has 0 amide bonds. The van der Waals surface area contributed by atoms with Gasteiger partial charge in [0.1, 0.15) is 0 Å². The molecule has 15 heavy (non-hydrogen) atoms. The Bertz CT molecular complexity index is 316. The van der Waals surface area contributed by atoms with Crippen molar-refractivity contribution in [3.8, 4) is 0 Å². The third-order valence-electron chi connectivity index (χ3n) is 2.97. The first-order valence-corrected chi connectivity index (χ1v) is 5.83. The van der Waals surface area contributed by atoms with E-state index < -0.39 is 0 Å². The summed E-state index contributed by atoms with van der Waals surface area (Å²) in [6.45, 7) is 7.71. The van der Waals surface area contributed by atoms with Gasteiger partial charge >= 0.3 is 0 Å². The van der Waals surface area contributed by atoms with Crippen LogP contribution in [0.5, 0.6) is 0 Å². The maximum absolute atomic E-state index is 4.42. The Hall–Kier alpha value is -0.830. The van der Waals surface area contributed by atoms with E-state index in [-0.39, 0.29) is 5.54 Å². The quantitative estimate of drug-likeness (QED) is 0.803. The molecule has 1 aliphatic heterocycles. The molecule has 3 heteroatoms. The largest absolute Gasteiger partial charge is 0.314 e. The molecule has 0 bridgehead atoms. The Balaban J connectivity index is 2.00. The average molecular weight is 207 g/mol. The maximum atomic E-state index is 4.42. The lowest BCUT2D eigenvalue weighted by atomic mass is 10.1. The summed E-state index contributed by atoms with van der Waals surface area (Å²) < 4.78 is 2.05. The van der Waals surface area contributed by atoms with Gasteiger partial charge in [-0.1, -0.05) is 0 Å². The minimum atomic E-state index is 0.0986. The summed E-state index contributed by atoms with van der Waals surface area (Å²) in [4.78, 5) is 0. The van der Waals surface area contributed by atoms with Crippen molar-refractivity contribution < 1.29 is 0 Å². The molecular formula is C12H21N3. The molecule has 0 aromatic carbocycles. The summed E-state index contributed by atoms with van der Waals surface area (Å²) in [6.07, 6.45) is 7.93. The monoisotopic (exact) mass is 207 g/mol. The van der Waals surface area contributed by atoms with Crippen molar-refractivity contribution in [2.75, 3.05) is 6.54 Å². The van der Waals surface area contributed by atoms with Crippen LogP contribution in [0.1, 0.15) is 39.2 Å². The SMILES string of the molecule is CC(C)(C)n1cc(C[C@H]2CCCN2)cn1. The number of aromatic nitrogens is 2. The van der Waals surface area contributed by atoms with Crippen molar-refractivity contribution in [3.05, 3.63) is 18.0 Å². The van der Waals surface area contributed by atoms with Crippen molar-refractivity contribution in [1.29, 1.82) is 0 Å². The molecule has 84 valence electrons. The van der Waals surface area contributed by atoms with Crippen LogP contribution in [0, 0.1) is 0 Å². The highest BCUT2D eigenvalue weighted by atomic mass is 15.3. The summed E-state index contributed by atoms with van der Waals surface area (Å²) >= 11 is 0. The second-order valence-electron chi connectivity index (χ2n) is 5.46. The summed E-state index contributed by atoms with van der Waals surface area (Å²) in [7, 11) is 0. The lowest BCUT2D eigenvalue weighted by molar-refractivity contribution is 0.355. The molecule has 0 radical (unpaired) electrons. The maximum Gasteiger partial charge on any atom is 0.0543 e. The van der Waals surface area contributed by atoms with Gasteiger partial charge < -0.3 is 5.32 Å². The zero-order chi connectivity index (χ0) is 10.9. The minimum Gasteiger partial charge on any atom is -0.314 e. The molecule has 0 aliphatic carbocycles. The first-order chi connectivity index (χ1) is 7.05. The van der Waals surface area contributed by atoms with Gasteiger partial charge in [0.05, 0.1) is 11.7 Å². The predicted octanol–water partition coefficient (Wildman–Crippen LogP) is 1.93. The molecule has 2 heterocycles. The molecule has 0 spiro atoms. The van der Waals surface area contributed by atoms with E-state index in [1.165, 1.54) is 24.9 Å². The molecule has 2 rings (SSSR count). The lowest BCUT2D eigenvalue weighted by Gasteiger charge is -2.18. The van der Waals surface area contributed by atoms with E-state index in [9.17, 15) is 0 Å². The first-order valence-electron chi connectivity index (χ1n) is 5.83. The van der Waals surface area contributed by atoms with Crippen molar-refractivity contribution in [3.63, 3.8) is 0 Å². The van der Waals surface area contributed by atoms with E-state index >= 15 is 0 Å². The Labute approximate surface area is 91.9 Å². The van der Waals surface area contributed by atoms with E-state index in [4.69, 9.17) is 0 Å². The highest BCUT2D eigenvalue weighted by Gasteiger charge is 2.17. The number of nitrogens with zero attached hydrogens (tertiary/aromatic N) is 2. The van der Waals surface area contributed by atoms with Crippen LogP contribution in [-0.4, -0.2) is 22.4 Å². The Kier molecular flexibility index (Phi) is 2.83. The lowest BCUT2D eigenvalue weighted by Crippen LogP contribution is -2.24.